The van der Waals surface area contributed by atoms with E-state index < -0.39 is 0 Å². The van der Waals surface area contributed by atoms with Gasteiger partial charge >= 0.3 is 0 Å². The van der Waals surface area contributed by atoms with Gasteiger partial charge in [0.05, 0.1) is 0 Å². The van der Waals surface area contributed by atoms with Gasteiger partial charge in [-0.1, -0.05) is 13.8 Å². The van der Waals surface area contributed by atoms with Gasteiger partial charge in [0.25, 0.3) is 5.56 Å². The Morgan fingerprint density at radius 3 is 2.57 bits per heavy atom. The highest BCUT2D eigenvalue weighted by Gasteiger charge is 2.16. The van der Waals surface area contributed by atoms with Gasteiger partial charge in [-0.25, -0.2) is 0 Å². The molecule has 1 rings (SSSR count). The normalized spacial score (nSPS) is 13.5. The third-order valence-corrected chi connectivity index (χ3v) is 2.58. The van der Waals surface area contributed by atoms with Crippen molar-refractivity contribution in [3.63, 3.8) is 0 Å². The topological polar surface area (TPSA) is 63.8 Å². The van der Waals surface area contributed by atoms with Crippen LogP contribution in [0.2, 0.25) is 0 Å². The Morgan fingerprint density at radius 2 is 2.21 bits per heavy atom. The van der Waals surface area contributed by atoms with E-state index in [-0.39, 0.29) is 11.5 Å². The number of aryl methyl sites for hydroxylation is 1. The predicted octanol–water partition coefficient (Wildman–Crippen LogP) is 0.895. The minimum atomic E-state index is 0.0293. The summed E-state index contributed by atoms with van der Waals surface area (Å²) in [6.45, 7) is 7.41. The van der Waals surface area contributed by atoms with Crippen molar-refractivity contribution in [1.82, 2.24) is 9.78 Å². The molecule has 1 aromatic rings. The molecule has 1 heterocycles. The van der Waals surface area contributed by atoms with Crippen LogP contribution in [-0.2, 0) is 6.54 Å². The minimum absolute atomic E-state index is 0.0293. The zero-order valence-corrected chi connectivity index (χ0v) is 9.08. The van der Waals surface area contributed by atoms with E-state index in [4.69, 9.17) is 5.73 Å². The molecular formula is C10H19N3O. The molecule has 80 valence electrons. The molecule has 0 aromatic carbocycles. The lowest BCUT2D eigenvalue weighted by molar-refractivity contribution is 0.485. The summed E-state index contributed by atoms with van der Waals surface area (Å²) in [4.78, 5) is 11.4. The highest BCUT2D eigenvalue weighted by atomic mass is 16.1. The maximum Gasteiger partial charge on any atom is 0.266 e. The largest absolute Gasteiger partial charge is 0.330 e. The second-order valence-electron chi connectivity index (χ2n) is 3.88. The monoisotopic (exact) mass is 197 g/mol. The first-order valence-electron chi connectivity index (χ1n) is 5.10. The summed E-state index contributed by atoms with van der Waals surface area (Å²) >= 11 is 0. The molecule has 14 heavy (non-hydrogen) atoms. The second-order valence-corrected chi connectivity index (χ2v) is 3.88. The van der Waals surface area contributed by atoms with Crippen LogP contribution in [0.1, 0.15) is 32.4 Å². The van der Waals surface area contributed by atoms with Crippen molar-refractivity contribution in [2.75, 3.05) is 6.54 Å². The molecule has 4 heteroatoms. The van der Waals surface area contributed by atoms with E-state index in [1.807, 2.05) is 6.92 Å². The van der Waals surface area contributed by atoms with E-state index in [1.54, 1.807) is 10.7 Å². The maximum absolute atomic E-state index is 11.4. The summed E-state index contributed by atoms with van der Waals surface area (Å²) in [5.74, 6) is 0.693. The van der Waals surface area contributed by atoms with Crippen LogP contribution in [0.4, 0.5) is 0 Å². The smallest absolute Gasteiger partial charge is 0.266 e. The van der Waals surface area contributed by atoms with E-state index in [1.165, 1.54) is 0 Å². The maximum atomic E-state index is 11.4. The average molecular weight is 197 g/mol. The third kappa shape index (κ3) is 2.07. The van der Waals surface area contributed by atoms with E-state index in [0.29, 0.717) is 19.0 Å². The van der Waals surface area contributed by atoms with Crippen LogP contribution in [-0.4, -0.2) is 16.3 Å². The van der Waals surface area contributed by atoms with E-state index >= 15 is 0 Å². The Morgan fingerprint density at radius 1 is 1.57 bits per heavy atom. The summed E-state index contributed by atoms with van der Waals surface area (Å²) in [6.07, 6.45) is 0. The van der Waals surface area contributed by atoms with Gasteiger partial charge in [-0.05, 0) is 12.8 Å². The molecular weight excluding hydrogens is 178 g/mol. The summed E-state index contributed by atoms with van der Waals surface area (Å²) in [7, 11) is 0. The summed E-state index contributed by atoms with van der Waals surface area (Å²) < 4.78 is 1.60. The molecule has 0 aliphatic heterocycles. The number of nitrogens with zero attached hydrogens (tertiary/aromatic N) is 1. The number of hydrogen-bond donors (Lipinski definition) is 2. The van der Waals surface area contributed by atoms with Crippen molar-refractivity contribution >= 4 is 0 Å². The molecule has 0 saturated heterocycles. The Kier molecular flexibility index (Phi) is 3.52. The van der Waals surface area contributed by atoms with Gasteiger partial charge in [0.2, 0.25) is 0 Å². The molecule has 1 atom stereocenters. The molecule has 1 aromatic heterocycles. The SMILES string of the molecule is CCn1[nH]c(C(CN)C(C)C)cc1=O. The number of nitrogens with one attached hydrogen (secondary N) is 1. The summed E-state index contributed by atoms with van der Waals surface area (Å²) in [6, 6.07) is 1.65. The molecule has 4 nitrogen and oxygen atoms in total. The van der Waals surface area contributed by atoms with Crippen LogP contribution in [0.15, 0.2) is 10.9 Å². The fourth-order valence-electron chi connectivity index (χ4n) is 1.64. The molecule has 0 aliphatic carbocycles. The van der Waals surface area contributed by atoms with Gasteiger partial charge in [0.1, 0.15) is 0 Å². The van der Waals surface area contributed by atoms with Gasteiger partial charge in [-0.2, -0.15) is 0 Å². The van der Waals surface area contributed by atoms with Crippen LogP contribution in [0.25, 0.3) is 0 Å². The molecule has 0 fully saturated rings. The van der Waals surface area contributed by atoms with E-state index in [0.717, 1.165) is 5.69 Å². The lowest BCUT2D eigenvalue weighted by Crippen LogP contribution is -2.18. The van der Waals surface area contributed by atoms with Crippen molar-refractivity contribution in [3.8, 4) is 0 Å². The van der Waals surface area contributed by atoms with Gasteiger partial charge in [0.15, 0.2) is 0 Å². The first-order valence-corrected chi connectivity index (χ1v) is 5.10. The Bertz CT molecular complexity index is 337. The van der Waals surface area contributed by atoms with Crippen molar-refractivity contribution in [1.29, 1.82) is 0 Å². The number of rotatable bonds is 4. The van der Waals surface area contributed by atoms with Gasteiger partial charge in [-0.3, -0.25) is 14.6 Å². The molecule has 0 spiro atoms. The average Bonchev–Trinajstić information content (AvgIpc) is 2.47. The number of hydrogen-bond acceptors (Lipinski definition) is 2. The Labute approximate surface area is 84.1 Å². The summed E-state index contributed by atoms with van der Waals surface area (Å²) in [5, 5.41) is 3.09. The first-order chi connectivity index (χ1) is 6.60. The molecule has 0 aliphatic rings. The van der Waals surface area contributed by atoms with Crippen LogP contribution in [0.5, 0.6) is 0 Å². The van der Waals surface area contributed by atoms with Gasteiger partial charge in [-0.15, -0.1) is 0 Å². The van der Waals surface area contributed by atoms with Crippen molar-refractivity contribution in [2.45, 2.75) is 33.2 Å². The van der Waals surface area contributed by atoms with E-state index in [9.17, 15) is 4.79 Å². The van der Waals surface area contributed by atoms with Gasteiger partial charge < -0.3 is 5.73 Å². The fourth-order valence-corrected chi connectivity index (χ4v) is 1.64. The number of aromatic nitrogens is 2. The molecule has 0 radical (unpaired) electrons. The standard InChI is InChI=1S/C10H19N3O/c1-4-13-10(14)5-9(12-13)8(6-11)7(2)3/h5,7-8,12H,4,6,11H2,1-3H3. The van der Waals surface area contributed by atoms with Gasteiger partial charge in [0, 0.05) is 30.8 Å². The van der Waals surface area contributed by atoms with Crippen LogP contribution in [0, 0.1) is 5.92 Å². The molecule has 0 amide bonds. The number of nitrogens with two attached hydrogens (primary N) is 1. The Balaban J connectivity index is 3.00. The van der Waals surface area contributed by atoms with Crippen LogP contribution < -0.4 is 11.3 Å². The van der Waals surface area contributed by atoms with Crippen molar-refractivity contribution < 1.29 is 0 Å². The first kappa shape index (κ1) is 11.0. The minimum Gasteiger partial charge on any atom is -0.330 e. The zero-order valence-electron chi connectivity index (χ0n) is 9.08. The molecule has 0 bridgehead atoms. The van der Waals surface area contributed by atoms with Crippen LogP contribution >= 0.6 is 0 Å². The van der Waals surface area contributed by atoms with Crippen molar-refractivity contribution in [3.05, 3.63) is 22.1 Å². The highest BCUT2D eigenvalue weighted by molar-refractivity contribution is 5.08. The summed E-state index contributed by atoms with van der Waals surface area (Å²) in [5.41, 5.74) is 6.66. The zero-order chi connectivity index (χ0) is 10.7. The number of H-pyrrole nitrogens is 1. The highest BCUT2D eigenvalue weighted by Crippen LogP contribution is 2.19. The third-order valence-electron chi connectivity index (χ3n) is 2.58. The molecule has 1 unspecified atom stereocenters. The lowest BCUT2D eigenvalue weighted by Gasteiger charge is -2.16. The predicted molar refractivity (Wildman–Crippen MR) is 57.4 cm³/mol. The molecule has 3 N–H and O–H groups in total. The van der Waals surface area contributed by atoms with Crippen molar-refractivity contribution in [2.24, 2.45) is 11.7 Å². The molecule has 0 saturated carbocycles. The van der Waals surface area contributed by atoms with Crippen LogP contribution in [0.3, 0.4) is 0 Å². The second kappa shape index (κ2) is 4.46. The number of aromatic amines is 1. The fraction of sp³-hybridized carbons (Fsp3) is 0.700. The quantitative estimate of drug-likeness (QED) is 0.753. The Hall–Kier alpha value is -1.03. The van der Waals surface area contributed by atoms with E-state index in [2.05, 4.69) is 18.9 Å². The lowest BCUT2D eigenvalue weighted by atomic mass is 9.93.